The van der Waals surface area contributed by atoms with E-state index in [-0.39, 0.29) is 18.2 Å². The van der Waals surface area contributed by atoms with Crippen molar-refractivity contribution < 1.29 is 14.6 Å². The Hall–Kier alpha value is -1.69. The molecule has 0 radical (unpaired) electrons. The van der Waals surface area contributed by atoms with E-state index in [4.69, 9.17) is 9.84 Å². The van der Waals surface area contributed by atoms with E-state index in [1.165, 1.54) is 0 Å². The van der Waals surface area contributed by atoms with Crippen molar-refractivity contribution in [2.24, 2.45) is 0 Å². The highest BCUT2D eigenvalue weighted by Gasteiger charge is 2.41. The second-order valence-electron chi connectivity index (χ2n) is 5.89. The zero-order valence-corrected chi connectivity index (χ0v) is 13.0. The van der Waals surface area contributed by atoms with Gasteiger partial charge in [0.25, 0.3) is 0 Å². The maximum Gasteiger partial charge on any atom is 0.348 e. The van der Waals surface area contributed by atoms with Crippen LogP contribution in [0, 0.1) is 13.8 Å². The molecule has 21 heavy (non-hydrogen) atoms. The Balaban J connectivity index is 2.54. The Bertz CT molecular complexity index is 623. The Morgan fingerprint density at radius 1 is 1.52 bits per heavy atom. The van der Waals surface area contributed by atoms with E-state index in [1.807, 2.05) is 20.8 Å². The van der Waals surface area contributed by atoms with Crippen LogP contribution in [0.2, 0.25) is 0 Å². The van der Waals surface area contributed by atoms with Gasteiger partial charge in [-0.1, -0.05) is 0 Å². The molecular formula is C15H22N2O4. The standard InChI is InChI=1S/C15H22N2O4/c1-9-12(5-6-13(18)19)10(2)17(14(20)16-9)15(4)7-8-21-11(15)3/h11H,5-8H2,1-4H3,(H,18,19). The molecule has 2 heterocycles. The third kappa shape index (κ3) is 2.72. The maximum atomic E-state index is 12.4. The fourth-order valence-corrected chi connectivity index (χ4v) is 3.12. The van der Waals surface area contributed by atoms with Crippen molar-refractivity contribution in [2.45, 2.75) is 58.6 Å². The van der Waals surface area contributed by atoms with Crippen LogP contribution in [-0.4, -0.2) is 33.3 Å². The van der Waals surface area contributed by atoms with Crippen LogP contribution in [0.4, 0.5) is 0 Å². The Morgan fingerprint density at radius 3 is 2.71 bits per heavy atom. The van der Waals surface area contributed by atoms with Crippen LogP contribution in [0.3, 0.4) is 0 Å². The van der Waals surface area contributed by atoms with Crippen LogP contribution in [-0.2, 0) is 21.5 Å². The van der Waals surface area contributed by atoms with Gasteiger partial charge in [0, 0.05) is 24.4 Å². The maximum absolute atomic E-state index is 12.4. The van der Waals surface area contributed by atoms with Gasteiger partial charge in [0.15, 0.2) is 0 Å². The Morgan fingerprint density at radius 2 is 2.19 bits per heavy atom. The average Bonchev–Trinajstić information content (AvgIpc) is 2.68. The Kier molecular flexibility index (Phi) is 4.18. The van der Waals surface area contributed by atoms with Crippen molar-refractivity contribution in [2.75, 3.05) is 6.61 Å². The first kappa shape index (κ1) is 15.7. The fourth-order valence-electron chi connectivity index (χ4n) is 3.12. The summed E-state index contributed by atoms with van der Waals surface area (Å²) in [5.74, 6) is -0.852. The second kappa shape index (κ2) is 5.60. The SMILES string of the molecule is Cc1nc(=O)n(C2(C)CCOC2C)c(C)c1CCC(=O)O. The third-order valence-corrected chi connectivity index (χ3v) is 4.62. The van der Waals surface area contributed by atoms with Crippen molar-refractivity contribution in [3.63, 3.8) is 0 Å². The molecule has 2 unspecified atom stereocenters. The summed E-state index contributed by atoms with van der Waals surface area (Å²) in [4.78, 5) is 27.3. The molecule has 1 aliphatic heterocycles. The van der Waals surface area contributed by atoms with Gasteiger partial charge in [-0.2, -0.15) is 4.98 Å². The van der Waals surface area contributed by atoms with Crippen LogP contribution >= 0.6 is 0 Å². The molecular weight excluding hydrogens is 272 g/mol. The van der Waals surface area contributed by atoms with Crippen LogP contribution in [0.25, 0.3) is 0 Å². The third-order valence-electron chi connectivity index (χ3n) is 4.62. The summed E-state index contributed by atoms with van der Waals surface area (Å²) in [5, 5.41) is 8.88. The minimum atomic E-state index is -0.852. The number of hydrogen-bond donors (Lipinski definition) is 1. The lowest BCUT2D eigenvalue weighted by Gasteiger charge is -2.32. The van der Waals surface area contributed by atoms with Gasteiger partial charge in [0.1, 0.15) is 0 Å². The predicted molar refractivity (Wildman–Crippen MR) is 77.6 cm³/mol. The molecule has 2 rings (SSSR count). The number of hydrogen-bond acceptors (Lipinski definition) is 4. The monoisotopic (exact) mass is 294 g/mol. The number of ether oxygens (including phenoxy) is 1. The molecule has 0 aromatic carbocycles. The van der Waals surface area contributed by atoms with Gasteiger partial charge >= 0.3 is 11.7 Å². The van der Waals surface area contributed by atoms with Gasteiger partial charge < -0.3 is 9.84 Å². The van der Waals surface area contributed by atoms with E-state index in [2.05, 4.69) is 4.98 Å². The average molecular weight is 294 g/mol. The predicted octanol–water partition coefficient (Wildman–Crippen LogP) is 1.40. The van der Waals surface area contributed by atoms with Crippen LogP contribution in [0.1, 0.15) is 43.6 Å². The van der Waals surface area contributed by atoms with Crippen LogP contribution < -0.4 is 5.69 Å². The van der Waals surface area contributed by atoms with Gasteiger partial charge in [0.05, 0.1) is 11.6 Å². The number of aliphatic carboxylic acids is 1. The van der Waals surface area contributed by atoms with E-state index in [0.717, 1.165) is 17.7 Å². The molecule has 1 aromatic rings. The number of carboxylic acid groups (broad SMARTS) is 1. The van der Waals surface area contributed by atoms with E-state index in [1.54, 1.807) is 11.5 Å². The molecule has 0 amide bonds. The lowest BCUT2D eigenvalue weighted by Crippen LogP contribution is -2.46. The lowest BCUT2D eigenvalue weighted by molar-refractivity contribution is -0.136. The number of aryl methyl sites for hydroxylation is 1. The summed E-state index contributed by atoms with van der Waals surface area (Å²) in [6.07, 6.45) is 1.08. The van der Waals surface area contributed by atoms with E-state index in [0.29, 0.717) is 18.7 Å². The van der Waals surface area contributed by atoms with Crippen molar-refractivity contribution >= 4 is 5.97 Å². The lowest BCUT2D eigenvalue weighted by atomic mass is 9.92. The number of carboxylic acids is 1. The molecule has 1 aliphatic rings. The molecule has 6 heteroatoms. The molecule has 0 aliphatic carbocycles. The summed E-state index contributed by atoms with van der Waals surface area (Å²) in [6, 6.07) is 0. The number of nitrogens with zero attached hydrogens (tertiary/aromatic N) is 2. The molecule has 1 N–H and O–H groups in total. The first-order chi connectivity index (χ1) is 9.77. The van der Waals surface area contributed by atoms with Crippen molar-refractivity contribution in [1.29, 1.82) is 0 Å². The molecule has 0 bridgehead atoms. The van der Waals surface area contributed by atoms with Gasteiger partial charge in [-0.15, -0.1) is 0 Å². The summed E-state index contributed by atoms with van der Waals surface area (Å²) >= 11 is 0. The topological polar surface area (TPSA) is 81.4 Å². The zero-order valence-electron chi connectivity index (χ0n) is 13.0. The molecule has 1 aromatic heterocycles. The summed E-state index contributed by atoms with van der Waals surface area (Å²) < 4.78 is 7.31. The molecule has 0 saturated carbocycles. The van der Waals surface area contributed by atoms with E-state index in [9.17, 15) is 9.59 Å². The first-order valence-corrected chi connectivity index (χ1v) is 7.20. The second-order valence-corrected chi connectivity index (χ2v) is 5.89. The minimum Gasteiger partial charge on any atom is -0.481 e. The molecule has 1 saturated heterocycles. The van der Waals surface area contributed by atoms with Crippen LogP contribution in [0.15, 0.2) is 4.79 Å². The highest BCUT2D eigenvalue weighted by Crippen LogP contribution is 2.33. The number of aromatic nitrogens is 2. The zero-order chi connectivity index (χ0) is 15.8. The summed E-state index contributed by atoms with van der Waals surface area (Å²) in [7, 11) is 0. The van der Waals surface area contributed by atoms with Crippen molar-refractivity contribution in [3.8, 4) is 0 Å². The largest absolute Gasteiger partial charge is 0.481 e. The minimum absolute atomic E-state index is 0.0321. The van der Waals surface area contributed by atoms with Gasteiger partial charge in [0.2, 0.25) is 0 Å². The number of carbonyl (C=O) groups is 1. The molecule has 6 nitrogen and oxygen atoms in total. The highest BCUT2D eigenvalue weighted by molar-refractivity contribution is 5.67. The molecule has 2 atom stereocenters. The quantitative estimate of drug-likeness (QED) is 0.907. The van der Waals surface area contributed by atoms with Crippen LogP contribution in [0.5, 0.6) is 0 Å². The fraction of sp³-hybridized carbons (Fsp3) is 0.667. The van der Waals surface area contributed by atoms with Gasteiger partial charge in [-0.3, -0.25) is 9.36 Å². The van der Waals surface area contributed by atoms with Gasteiger partial charge in [-0.05, 0) is 46.1 Å². The first-order valence-electron chi connectivity index (χ1n) is 7.20. The van der Waals surface area contributed by atoms with Gasteiger partial charge in [-0.25, -0.2) is 4.79 Å². The van der Waals surface area contributed by atoms with E-state index < -0.39 is 11.5 Å². The normalized spacial score (nSPS) is 25.2. The van der Waals surface area contributed by atoms with E-state index >= 15 is 0 Å². The smallest absolute Gasteiger partial charge is 0.348 e. The molecule has 0 spiro atoms. The number of rotatable bonds is 4. The Labute approximate surface area is 123 Å². The summed E-state index contributed by atoms with van der Waals surface area (Å²) in [5.41, 5.74) is 1.54. The highest BCUT2D eigenvalue weighted by atomic mass is 16.5. The molecule has 1 fully saturated rings. The molecule has 116 valence electrons. The van der Waals surface area contributed by atoms with Crippen molar-refractivity contribution in [3.05, 3.63) is 27.4 Å². The van der Waals surface area contributed by atoms with Crippen molar-refractivity contribution in [1.82, 2.24) is 9.55 Å². The summed E-state index contributed by atoms with van der Waals surface area (Å²) in [6.45, 7) is 8.19.